The second-order valence-corrected chi connectivity index (χ2v) is 7.95. The molecule has 0 radical (unpaired) electrons. The molecule has 1 aliphatic rings. The van der Waals surface area contributed by atoms with E-state index in [4.69, 9.17) is 16.3 Å². The van der Waals surface area contributed by atoms with Gasteiger partial charge in [0, 0.05) is 15.5 Å². The Kier molecular flexibility index (Phi) is 6.70. The first kappa shape index (κ1) is 20.4. The van der Waals surface area contributed by atoms with Crippen molar-refractivity contribution in [3.05, 3.63) is 50.9 Å². The number of aryl methyl sites for hydroxylation is 1. The maximum Gasteiger partial charge on any atom is 0.414 e. The van der Waals surface area contributed by atoms with Crippen LogP contribution in [0.15, 0.2) is 24.3 Å². The number of benzene rings is 1. The van der Waals surface area contributed by atoms with E-state index in [1.165, 1.54) is 11.3 Å². The Labute approximate surface area is 172 Å². The van der Waals surface area contributed by atoms with Crippen LogP contribution in [0.3, 0.4) is 0 Å². The number of hydrogen-bond donors (Lipinski definition) is 2. The van der Waals surface area contributed by atoms with Gasteiger partial charge in [-0.05, 0) is 62.4 Å². The molecule has 0 fully saturated rings. The molecule has 2 N–H and O–H groups in total. The van der Waals surface area contributed by atoms with Crippen LogP contribution in [0, 0.1) is 0 Å². The predicted molar refractivity (Wildman–Crippen MR) is 109 cm³/mol. The molecule has 1 aromatic heterocycles. The van der Waals surface area contributed by atoms with Crippen molar-refractivity contribution in [3.8, 4) is 0 Å². The molecule has 28 heavy (non-hydrogen) atoms. The number of anilines is 1. The Morgan fingerprint density at radius 2 is 1.79 bits per heavy atom. The van der Waals surface area contributed by atoms with Gasteiger partial charge in [0.05, 0.1) is 12.2 Å². The van der Waals surface area contributed by atoms with Gasteiger partial charge in [-0.1, -0.05) is 18.0 Å². The Balaban J connectivity index is 1.91. The van der Waals surface area contributed by atoms with Crippen molar-refractivity contribution in [1.82, 2.24) is 5.32 Å². The van der Waals surface area contributed by atoms with Crippen molar-refractivity contribution in [3.63, 3.8) is 0 Å². The number of imide groups is 1. The molecule has 0 saturated heterocycles. The molecule has 0 aliphatic heterocycles. The second-order valence-electron chi connectivity index (χ2n) is 6.40. The molecule has 0 saturated carbocycles. The Hall–Kier alpha value is -2.38. The van der Waals surface area contributed by atoms with Gasteiger partial charge in [0.1, 0.15) is 5.00 Å². The van der Waals surface area contributed by atoms with E-state index in [-0.39, 0.29) is 12.5 Å². The highest BCUT2D eigenvalue weighted by Crippen LogP contribution is 2.37. The van der Waals surface area contributed by atoms with Crippen LogP contribution in [0.1, 0.15) is 57.3 Å². The van der Waals surface area contributed by atoms with Crippen LogP contribution in [0.2, 0.25) is 5.02 Å². The number of carbonyl (C=O) groups excluding carboxylic acids is 3. The number of amides is 3. The summed E-state index contributed by atoms with van der Waals surface area (Å²) in [5, 5.41) is 6.07. The van der Waals surface area contributed by atoms with Gasteiger partial charge in [0.25, 0.3) is 11.8 Å². The molecule has 0 spiro atoms. The maximum atomic E-state index is 12.8. The number of ether oxygens (including phenoxy) is 1. The summed E-state index contributed by atoms with van der Waals surface area (Å²) in [5.74, 6) is -0.887. The third-order valence-electron chi connectivity index (χ3n) is 4.47. The minimum atomic E-state index is -0.795. The molecule has 2 aromatic rings. The minimum absolute atomic E-state index is 0.168. The number of nitrogens with one attached hydrogen (secondary N) is 2. The van der Waals surface area contributed by atoms with Gasteiger partial charge in [-0.25, -0.2) is 4.79 Å². The Bertz CT molecular complexity index is 892. The first-order valence-electron chi connectivity index (χ1n) is 9.19. The third-order valence-corrected chi connectivity index (χ3v) is 5.93. The van der Waals surface area contributed by atoms with Crippen molar-refractivity contribution >= 4 is 45.8 Å². The van der Waals surface area contributed by atoms with Crippen LogP contribution >= 0.6 is 22.9 Å². The van der Waals surface area contributed by atoms with E-state index in [2.05, 4.69) is 10.6 Å². The van der Waals surface area contributed by atoms with Crippen LogP contribution in [0.5, 0.6) is 0 Å². The number of halogens is 1. The number of thiophene rings is 1. The average Bonchev–Trinajstić information content (AvgIpc) is 2.83. The van der Waals surface area contributed by atoms with Gasteiger partial charge >= 0.3 is 6.09 Å². The van der Waals surface area contributed by atoms with Crippen molar-refractivity contribution in [1.29, 1.82) is 0 Å². The second kappa shape index (κ2) is 9.21. The summed E-state index contributed by atoms with van der Waals surface area (Å²) in [6.07, 6.45) is 3.90. The molecule has 0 bridgehead atoms. The zero-order valence-electron chi connectivity index (χ0n) is 15.5. The van der Waals surface area contributed by atoms with Gasteiger partial charge < -0.3 is 10.1 Å². The number of carbonyl (C=O) groups is 3. The molecule has 0 atom stereocenters. The lowest BCUT2D eigenvalue weighted by Crippen LogP contribution is -2.32. The zero-order valence-corrected chi connectivity index (χ0v) is 17.0. The monoisotopic (exact) mass is 420 g/mol. The highest BCUT2D eigenvalue weighted by molar-refractivity contribution is 7.17. The molecule has 3 amide bonds. The van der Waals surface area contributed by atoms with Crippen LogP contribution in [0.4, 0.5) is 9.80 Å². The average molecular weight is 421 g/mol. The van der Waals surface area contributed by atoms with Crippen molar-refractivity contribution in [2.45, 2.75) is 39.0 Å². The van der Waals surface area contributed by atoms with E-state index in [0.29, 0.717) is 21.2 Å². The number of alkyl carbamates (subject to hydrolysis) is 1. The van der Waals surface area contributed by atoms with Crippen molar-refractivity contribution in [2.75, 3.05) is 11.9 Å². The summed E-state index contributed by atoms with van der Waals surface area (Å²) in [4.78, 5) is 38.2. The molecule has 6 nitrogen and oxygen atoms in total. The normalized spacial score (nSPS) is 13.2. The highest BCUT2D eigenvalue weighted by atomic mass is 35.5. The fourth-order valence-corrected chi connectivity index (χ4v) is 4.58. The molecule has 1 aliphatic carbocycles. The van der Waals surface area contributed by atoms with E-state index in [9.17, 15) is 14.4 Å². The summed E-state index contributed by atoms with van der Waals surface area (Å²) in [7, 11) is 0. The summed E-state index contributed by atoms with van der Waals surface area (Å²) < 4.78 is 4.81. The summed E-state index contributed by atoms with van der Waals surface area (Å²) >= 11 is 7.27. The van der Waals surface area contributed by atoms with Crippen molar-refractivity contribution in [2.24, 2.45) is 0 Å². The van der Waals surface area contributed by atoms with E-state index < -0.39 is 12.0 Å². The summed E-state index contributed by atoms with van der Waals surface area (Å²) in [5.41, 5.74) is 1.71. The summed E-state index contributed by atoms with van der Waals surface area (Å²) in [6.45, 7) is 1.83. The molecule has 148 valence electrons. The van der Waals surface area contributed by atoms with Gasteiger partial charge in [-0.3, -0.25) is 14.9 Å². The quantitative estimate of drug-likeness (QED) is 0.695. The van der Waals surface area contributed by atoms with E-state index in [0.717, 1.165) is 42.5 Å². The molecular formula is C20H21ClN2O4S. The smallest absolute Gasteiger partial charge is 0.414 e. The van der Waals surface area contributed by atoms with Gasteiger partial charge in [-0.2, -0.15) is 0 Å². The van der Waals surface area contributed by atoms with Crippen LogP contribution in [-0.2, 0) is 17.6 Å². The lowest BCUT2D eigenvalue weighted by atomic mass is 10.0. The summed E-state index contributed by atoms with van der Waals surface area (Å²) in [6, 6.07) is 6.51. The van der Waals surface area contributed by atoms with E-state index in [1.807, 2.05) is 0 Å². The highest BCUT2D eigenvalue weighted by Gasteiger charge is 2.27. The number of fused-ring (bicyclic) bond motifs is 1. The van der Waals surface area contributed by atoms with E-state index >= 15 is 0 Å². The zero-order chi connectivity index (χ0) is 20.1. The topological polar surface area (TPSA) is 84.5 Å². The fourth-order valence-electron chi connectivity index (χ4n) is 3.17. The lowest BCUT2D eigenvalue weighted by molar-refractivity contribution is 0.0925. The lowest BCUT2D eigenvalue weighted by Gasteiger charge is -2.09. The minimum Gasteiger partial charge on any atom is -0.450 e. The molecule has 1 aromatic carbocycles. The maximum absolute atomic E-state index is 12.8. The van der Waals surface area contributed by atoms with Crippen LogP contribution < -0.4 is 10.6 Å². The third kappa shape index (κ3) is 4.72. The molecule has 3 rings (SSSR count). The number of hydrogen-bond acceptors (Lipinski definition) is 5. The van der Waals surface area contributed by atoms with Gasteiger partial charge in [-0.15, -0.1) is 11.3 Å². The Morgan fingerprint density at radius 3 is 2.50 bits per heavy atom. The first-order chi connectivity index (χ1) is 13.5. The standard InChI is InChI=1S/C20H21ClN2O4S/c1-2-27-20(26)23-18(25)16-14-6-4-3-5-7-15(14)28-19(16)22-17(24)12-8-10-13(21)11-9-12/h8-11H,2-7H2,1H3,(H,22,24)(H,23,25,26). The van der Waals surface area contributed by atoms with E-state index in [1.54, 1.807) is 31.2 Å². The molecule has 0 unspecified atom stereocenters. The molecule has 8 heteroatoms. The Morgan fingerprint density at radius 1 is 1.07 bits per heavy atom. The largest absolute Gasteiger partial charge is 0.450 e. The molecular weight excluding hydrogens is 400 g/mol. The van der Waals surface area contributed by atoms with Gasteiger partial charge in [0.2, 0.25) is 0 Å². The predicted octanol–water partition coefficient (Wildman–Crippen LogP) is 4.81. The van der Waals surface area contributed by atoms with Crippen LogP contribution in [0.25, 0.3) is 0 Å². The number of rotatable bonds is 4. The van der Waals surface area contributed by atoms with Crippen molar-refractivity contribution < 1.29 is 19.1 Å². The fraction of sp³-hybridized carbons (Fsp3) is 0.350. The molecule has 1 heterocycles. The SMILES string of the molecule is CCOC(=O)NC(=O)c1c(NC(=O)c2ccc(Cl)cc2)sc2c1CCCCC2. The van der Waals surface area contributed by atoms with Crippen LogP contribution in [-0.4, -0.2) is 24.5 Å². The first-order valence-corrected chi connectivity index (χ1v) is 10.4. The van der Waals surface area contributed by atoms with Gasteiger partial charge in [0.15, 0.2) is 0 Å².